The summed E-state index contributed by atoms with van der Waals surface area (Å²) in [5.74, 6) is 2.56. The highest BCUT2D eigenvalue weighted by Gasteiger charge is 2.05. The van der Waals surface area contributed by atoms with Crippen molar-refractivity contribution in [2.75, 3.05) is 6.61 Å². The number of aryl methyl sites for hydroxylation is 1. The highest BCUT2D eigenvalue weighted by molar-refractivity contribution is 5.55. The molecule has 1 aromatic carbocycles. The van der Waals surface area contributed by atoms with Gasteiger partial charge in [-0.2, -0.15) is 5.10 Å². The Morgan fingerprint density at radius 3 is 2.59 bits per heavy atom. The molecular formula is C13H17N3O. The standard InChI is InChI=1S/C13H17N3O/c1-3-5-12-14-13(16-15-12)10-6-8-11(9-7-10)17-4-2/h6-9H,3-5H2,1-2H3,(H,14,15,16). The second-order valence-electron chi connectivity index (χ2n) is 3.81. The molecule has 0 aliphatic carbocycles. The fraction of sp³-hybridized carbons (Fsp3) is 0.385. The van der Waals surface area contributed by atoms with Gasteiger partial charge in [0.15, 0.2) is 5.82 Å². The van der Waals surface area contributed by atoms with E-state index in [4.69, 9.17) is 4.74 Å². The molecule has 0 saturated heterocycles. The molecule has 0 aliphatic rings. The van der Waals surface area contributed by atoms with Gasteiger partial charge in [-0.25, -0.2) is 4.98 Å². The van der Waals surface area contributed by atoms with Crippen molar-refractivity contribution in [2.45, 2.75) is 26.7 Å². The van der Waals surface area contributed by atoms with Crippen LogP contribution in [0.1, 0.15) is 26.1 Å². The summed E-state index contributed by atoms with van der Waals surface area (Å²) in [7, 11) is 0. The first-order valence-corrected chi connectivity index (χ1v) is 5.98. The Balaban J connectivity index is 2.15. The van der Waals surface area contributed by atoms with Gasteiger partial charge in [0.2, 0.25) is 0 Å². The zero-order valence-corrected chi connectivity index (χ0v) is 10.2. The fourth-order valence-corrected chi connectivity index (χ4v) is 1.64. The van der Waals surface area contributed by atoms with Gasteiger partial charge in [0.05, 0.1) is 6.61 Å². The third-order valence-corrected chi connectivity index (χ3v) is 2.44. The highest BCUT2D eigenvalue weighted by Crippen LogP contribution is 2.19. The molecule has 4 nitrogen and oxygen atoms in total. The highest BCUT2D eigenvalue weighted by atomic mass is 16.5. The summed E-state index contributed by atoms with van der Waals surface area (Å²) in [6.45, 7) is 4.78. The lowest BCUT2D eigenvalue weighted by Gasteiger charge is -2.02. The van der Waals surface area contributed by atoms with Crippen LogP contribution in [-0.2, 0) is 6.42 Å². The van der Waals surface area contributed by atoms with Gasteiger partial charge in [-0.05, 0) is 37.6 Å². The van der Waals surface area contributed by atoms with Gasteiger partial charge in [0.25, 0.3) is 0 Å². The van der Waals surface area contributed by atoms with Crippen LogP contribution in [0.4, 0.5) is 0 Å². The molecule has 2 aromatic rings. The third-order valence-electron chi connectivity index (χ3n) is 2.44. The van der Waals surface area contributed by atoms with Crippen LogP contribution in [0.25, 0.3) is 11.4 Å². The van der Waals surface area contributed by atoms with Gasteiger partial charge < -0.3 is 4.74 Å². The molecule has 0 radical (unpaired) electrons. The van der Waals surface area contributed by atoms with E-state index in [1.54, 1.807) is 0 Å². The first-order valence-electron chi connectivity index (χ1n) is 5.98. The van der Waals surface area contributed by atoms with Crippen molar-refractivity contribution in [3.05, 3.63) is 30.1 Å². The molecule has 0 unspecified atom stereocenters. The molecule has 0 amide bonds. The van der Waals surface area contributed by atoms with Crippen LogP contribution in [0.2, 0.25) is 0 Å². The Hall–Kier alpha value is -1.84. The first-order chi connectivity index (χ1) is 8.33. The van der Waals surface area contributed by atoms with E-state index in [0.29, 0.717) is 6.61 Å². The summed E-state index contributed by atoms with van der Waals surface area (Å²) < 4.78 is 5.39. The molecule has 4 heteroatoms. The molecule has 1 N–H and O–H groups in total. The van der Waals surface area contributed by atoms with Gasteiger partial charge in [-0.15, -0.1) is 0 Å². The summed E-state index contributed by atoms with van der Waals surface area (Å²) in [6.07, 6.45) is 2.00. The molecule has 0 bridgehead atoms. The number of hydrogen-bond donors (Lipinski definition) is 1. The number of aromatic nitrogens is 3. The minimum absolute atomic E-state index is 0.681. The molecule has 1 aromatic heterocycles. The van der Waals surface area contributed by atoms with Gasteiger partial charge in [0, 0.05) is 12.0 Å². The lowest BCUT2D eigenvalue weighted by molar-refractivity contribution is 0.340. The van der Waals surface area contributed by atoms with E-state index < -0.39 is 0 Å². The molecule has 0 aliphatic heterocycles. The molecule has 17 heavy (non-hydrogen) atoms. The van der Waals surface area contributed by atoms with Crippen LogP contribution in [0, 0.1) is 0 Å². The number of hydrogen-bond acceptors (Lipinski definition) is 3. The maximum Gasteiger partial charge on any atom is 0.181 e. The van der Waals surface area contributed by atoms with Crippen molar-refractivity contribution < 1.29 is 4.74 Å². The molecule has 0 fully saturated rings. The van der Waals surface area contributed by atoms with Crippen molar-refractivity contribution in [3.8, 4) is 17.1 Å². The van der Waals surface area contributed by atoms with Crippen LogP contribution in [0.15, 0.2) is 24.3 Å². The number of rotatable bonds is 5. The Morgan fingerprint density at radius 1 is 1.18 bits per heavy atom. The average Bonchev–Trinajstić information content (AvgIpc) is 2.80. The molecule has 90 valence electrons. The molecule has 0 saturated carbocycles. The molecule has 2 rings (SSSR count). The smallest absolute Gasteiger partial charge is 0.181 e. The second-order valence-corrected chi connectivity index (χ2v) is 3.81. The molecule has 1 heterocycles. The van der Waals surface area contributed by atoms with Crippen molar-refractivity contribution in [1.82, 2.24) is 15.2 Å². The van der Waals surface area contributed by atoms with E-state index in [-0.39, 0.29) is 0 Å². The minimum Gasteiger partial charge on any atom is -0.494 e. The summed E-state index contributed by atoms with van der Waals surface area (Å²) in [6, 6.07) is 7.83. The predicted octanol–water partition coefficient (Wildman–Crippen LogP) is 2.82. The normalized spacial score (nSPS) is 10.5. The van der Waals surface area contributed by atoms with Crippen LogP contribution in [0.5, 0.6) is 5.75 Å². The van der Waals surface area contributed by atoms with Gasteiger partial charge in [0.1, 0.15) is 11.6 Å². The number of nitrogens with one attached hydrogen (secondary N) is 1. The number of H-pyrrole nitrogens is 1. The van der Waals surface area contributed by atoms with Crippen LogP contribution < -0.4 is 4.74 Å². The topological polar surface area (TPSA) is 50.8 Å². The van der Waals surface area contributed by atoms with Crippen molar-refractivity contribution in [1.29, 1.82) is 0 Å². The molecular weight excluding hydrogens is 214 g/mol. The molecule has 0 spiro atoms. The maximum atomic E-state index is 5.39. The number of aromatic amines is 1. The van der Waals surface area contributed by atoms with Crippen molar-refractivity contribution in [3.63, 3.8) is 0 Å². The molecule has 0 atom stereocenters. The summed E-state index contributed by atoms with van der Waals surface area (Å²) in [5.41, 5.74) is 1.01. The van der Waals surface area contributed by atoms with Gasteiger partial charge >= 0.3 is 0 Å². The van der Waals surface area contributed by atoms with E-state index in [9.17, 15) is 0 Å². The number of benzene rings is 1. The van der Waals surface area contributed by atoms with Crippen LogP contribution in [-0.4, -0.2) is 21.8 Å². The third kappa shape index (κ3) is 2.84. The lowest BCUT2D eigenvalue weighted by Crippen LogP contribution is -1.91. The van der Waals surface area contributed by atoms with Crippen molar-refractivity contribution >= 4 is 0 Å². The Kier molecular flexibility index (Phi) is 3.75. The van der Waals surface area contributed by atoms with E-state index in [0.717, 1.165) is 35.8 Å². The Morgan fingerprint density at radius 2 is 1.94 bits per heavy atom. The second kappa shape index (κ2) is 5.48. The Labute approximate surface area is 101 Å². The maximum absolute atomic E-state index is 5.39. The quantitative estimate of drug-likeness (QED) is 0.860. The van der Waals surface area contributed by atoms with Crippen LogP contribution >= 0.6 is 0 Å². The Bertz CT molecular complexity index is 462. The lowest BCUT2D eigenvalue weighted by atomic mass is 10.2. The van der Waals surface area contributed by atoms with E-state index in [1.165, 1.54) is 0 Å². The monoisotopic (exact) mass is 231 g/mol. The number of nitrogens with zero attached hydrogens (tertiary/aromatic N) is 2. The fourth-order valence-electron chi connectivity index (χ4n) is 1.64. The summed E-state index contributed by atoms with van der Waals surface area (Å²) >= 11 is 0. The SMILES string of the molecule is CCCc1nc(-c2ccc(OCC)cc2)n[nH]1. The predicted molar refractivity (Wildman–Crippen MR) is 67.0 cm³/mol. The van der Waals surface area contributed by atoms with E-state index in [1.807, 2.05) is 31.2 Å². The minimum atomic E-state index is 0.681. The van der Waals surface area contributed by atoms with E-state index in [2.05, 4.69) is 22.1 Å². The zero-order valence-electron chi connectivity index (χ0n) is 10.2. The summed E-state index contributed by atoms with van der Waals surface area (Å²) in [5, 5.41) is 7.16. The summed E-state index contributed by atoms with van der Waals surface area (Å²) in [4.78, 5) is 4.44. The zero-order chi connectivity index (χ0) is 12.1. The van der Waals surface area contributed by atoms with Gasteiger partial charge in [-0.1, -0.05) is 6.92 Å². The van der Waals surface area contributed by atoms with Crippen LogP contribution in [0.3, 0.4) is 0 Å². The number of ether oxygens (including phenoxy) is 1. The van der Waals surface area contributed by atoms with Crippen molar-refractivity contribution in [2.24, 2.45) is 0 Å². The average molecular weight is 231 g/mol. The van der Waals surface area contributed by atoms with Gasteiger partial charge in [-0.3, -0.25) is 5.10 Å². The largest absolute Gasteiger partial charge is 0.494 e. The first kappa shape index (κ1) is 11.6. The van der Waals surface area contributed by atoms with E-state index >= 15 is 0 Å².